The predicted molar refractivity (Wildman–Crippen MR) is 106 cm³/mol. The van der Waals surface area contributed by atoms with Crippen molar-refractivity contribution in [3.05, 3.63) is 65.0 Å². The lowest BCUT2D eigenvalue weighted by Gasteiger charge is -2.28. The van der Waals surface area contributed by atoms with Crippen LogP contribution in [-0.2, 0) is 13.1 Å². The van der Waals surface area contributed by atoms with Crippen molar-refractivity contribution in [2.75, 3.05) is 27.7 Å². The van der Waals surface area contributed by atoms with Gasteiger partial charge < -0.3 is 20.3 Å². The minimum absolute atomic E-state index is 0.152. The maximum Gasteiger partial charge on any atom is 0.191 e. The summed E-state index contributed by atoms with van der Waals surface area (Å²) in [4.78, 5) is 6.29. The Hall–Kier alpha value is -2.60. The summed E-state index contributed by atoms with van der Waals surface area (Å²) >= 11 is 0. The zero-order valence-electron chi connectivity index (χ0n) is 16.1. The molecule has 0 spiro atoms. The highest BCUT2D eigenvalue weighted by atomic mass is 19.1. The van der Waals surface area contributed by atoms with E-state index in [9.17, 15) is 4.39 Å². The number of nitrogens with one attached hydrogen (secondary N) is 2. The smallest absolute Gasteiger partial charge is 0.191 e. The van der Waals surface area contributed by atoms with Crippen molar-refractivity contribution in [1.82, 2.24) is 15.5 Å². The van der Waals surface area contributed by atoms with Crippen LogP contribution in [0.25, 0.3) is 0 Å². The molecule has 27 heavy (non-hydrogen) atoms. The number of halogens is 1. The third-order valence-electron chi connectivity index (χ3n) is 4.55. The molecular weight excluding hydrogens is 343 g/mol. The summed E-state index contributed by atoms with van der Waals surface area (Å²) in [6.07, 6.45) is 0.876. The summed E-state index contributed by atoms with van der Waals surface area (Å²) in [5.74, 6) is 1.47. The lowest BCUT2D eigenvalue weighted by atomic mass is 10.0. The molecule has 1 heterocycles. The van der Waals surface area contributed by atoms with E-state index in [1.165, 1.54) is 6.07 Å². The van der Waals surface area contributed by atoms with Gasteiger partial charge in [0, 0.05) is 37.7 Å². The molecule has 0 bridgehead atoms. The number of hydrogen-bond donors (Lipinski definition) is 2. The van der Waals surface area contributed by atoms with Crippen molar-refractivity contribution >= 4 is 5.96 Å². The molecule has 0 aromatic heterocycles. The monoisotopic (exact) mass is 370 g/mol. The van der Waals surface area contributed by atoms with E-state index in [1.807, 2.05) is 43.3 Å². The first-order chi connectivity index (χ1) is 13.1. The molecule has 2 N–H and O–H groups in total. The average molecular weight is 370 g/mol. The molecule has 1 aliphatic heterocycles. The topological polar surface area (TPSA) is 48.9 Å². The van der Waals surface area contributed by atoms with Crippen LogP contribution in [0.5, 0.6) is 5.75 Å². The summed E-state index contributed by atoms with van der Waals surface area (Å²) in [5.41, 5.74) is 2.85. The van der Waals surface area contributed by atoms with Crippen LogP contribution in [0.15, 0.2) is 47.5 Å². The van der Waals surface area contributed by atoms with E-state index >= 15 is 0 Å². The zero-order chi connectivity index (χ0) is 19.2. The fraction of sp³-hybridized carbons (Fsp3) is 0.381. The molecule has 0 amide bonds. The van der Waals surface area contributed by atoms with E-state index in [4.69, 9.17) is 4.74 Å². The molecular formula is C21H27FN4O. The summed E-state index contributed by atoms with van der Waals surface area (Å²) in [6.45, 7) is 1.83. The van der Waals surface area contributed by atoms with E-state index in [-0.39, 0.29) is 11.9 Å². The zero-order valence-corrected chi connectivity index (χ0v) is 16.1. The van der Waals surface area contributed by atoms with Crippen molar-refractivity contribution in [1.29, 1.82) is 0 Å². The number of hydrogen-bond acceptors (Lipinski definition) is 3. The van der Waals surface area contributed by atoms with Crippen LogP contribution in [-0.4, -0.2) is 38.6 Å². The first-order valence-corrected chi connectivity index (χ1v) is 9.17. The molecule has 1 aliphatic rings. The normalized spacial score (nSPS) is 16.6. The van der Waals surface area contributed by atoms with E-state index < -0.39 is 0 Å². The van der Waals surface area contributed by atoms with Crippen molar-refractivity contribution in [3.63, 3.8) is 0 Å². The molecule has 0 saturated carbocycles. The lowest BCUT2D eigenvalue weighted by molar-refractivity contribution is 0.261. The highest BCUT2D eigenvalue weighted by molar-refractivity contribution is 5.80. The Labute approximate surface area is 160 Å². The molecule has 0 radical (unpaired) electrons. The fourth-order valence-electron chi connectivity index (χ4n) is 3.24. The largest absolute Gasteiger partial charge is 0.493 e. The molecule has 2 aromatic rings. The maximum absolute atomic E-state index is 13.9. The minimum Gasteiger partial charge on any atom is -0.493 e. The molecule has 144 valence electrons. The molecule has 0 fully saturated rings. The predicted octanol–water partition coefficient (Wildman–Crippen LogP) is 3.08. The van der Waals surface area contributed by atoms with Crippen molar-refractivity contribution < 1.29 is 9.13 Å². The van der Waals surface area contributed by atoms with Gasteiger partial charge >= 0.3 is 0 Å². The highest BCUT2D eigenvalue weighted by Gasteiger charge is 2.21. The number of para-hydroxylation sites is 1. The number of benzene rings is 2. The Morgan fingerprint density at radius 1 is 1.26 bits per heavy atom. The van der Waals surface area contributed by atoms with Crippen molar-refractivity contribution in [2.24, 2.45) is 4.99 Å². The quantitative estimate of drug-likeness (QED) is 0.627. The Morgan fingerprint density at radius 2 is 2.07 bits per heavy atom. The second-order valence-corrected chi connectivity index (χ2v) is 6.96. The Morgan fingerprint density at radius 3 is 2.85 bits per heavy atom. The highest BCUT2D eigenvalue weighted by Crippen LogP contribution is 2.31. The summed E-state index contributed by atoms with van der Waals surface area (Å²) in [6, 6.07) is 13.5. The molecule has 1 atom stereocenters. The number of fused-ring (bicyclic) bond motifs is 1. The van der Waals surface area contributed by atoms with Crippen LogP contribution in [0.3, 0.4) is 0 Å². The van der Waals surface area contributed by atoms with Gasteiger partial charge in [0.2, 0.25) is 0 Å². The van der Waals surface area contributed by atoms with Gasteiger partial charge in [0.25, 0.3) is 0 Å². The van der Waals surface area contributed by atoms with Gasteiger partial charge in [-0.05, 0) is 37.9 Å². The van der Waals surface area contributed by atoms with Gasteiger partial charge in [-0.25, -0.2) is 4.39 Å². The van der Waals surface area contributed by atoms with Gasteiger partial charge in [-0.3, -0.25) is 4.99 Å². The summed E-state index contributed by atoms with van der Waals surface area (Å²) < 4.78 is 19.7. The summed E-state index contributed by atoms with van der Waals surface area (Å²) in [5, 5.41) is 6.79. The second kappa shape index (κ2) is 8.86. The first kappa shape index (κ1) is 19.2. The lowest BCUT2D eigenvalue weighted by Crippen LogP contribution is -2.40. The molecule has 0 saturated heterocycles. The van der Waals surface area contributed by atoms with E-state index in [0.717, 1.165) is 29.3 Å². The van der Waals surface area contributed by atoms with E-state index in [2.05, 4.69) is 21.7 Å². The molecule has 3 rings (SSSR count). The maximum atomic E-state index is 13.9. The Balaban J connectivity index is 1.64. The number of nitrogens with zero attached hydrogens (tertiary/aromatic N) is 2. The van der Waals surface area contributed by atoms with Gasteiger partial charge in [0.1, 0.15) is 11.6 Å². The second-order valence-electron chi connectivity index (χ2n) is 6.96. The molecule has 2 aromatic carbocycles. The van der Waals surface area contributed by atoms with Crippen molar-refractivity contribution in [3.8, 4) is 5.75 Å². The van der Waals surface area contributed by atoms with Gasteiger partial charge in [-0.1, -0.05) is 24.3 Å². The fourth-order valence-corrected chi connectivity index (χ4v) is 3.24. The van der Waals surface area contributed by atoms with Gasteiger partial charge in [0.15, 0.2) is 5.96 Å². The Bertz CT molecular complexity index is 807. The van der Waals surface area contributed by atoms with Crippen LogP contribution >= 0.6 is 0 Å². The number of rotatable bonds is 5. The molecule has 1 unspecified atom stereocenters. The third kappa shape index (κ3) is 4.98. The SMILES string of the molecule is CN=C(NCc1ccc(F)c(CN(C)C)c1)NC1CCOc2ccccc21. The first-order valence-electron chi connectivity index (χ1n) is 9.17. The Kier molecular flexibility index (Phi) is 6.29. The number of ether oxygens (including phenoxy) is 1. The van der Waals surface area contributed by atoms with Gasteiger partial charge in [-0.2, -0.15) is 0 Å². The van der Waals surface area contributed by atoms with Crippen LogP contribution < -0.4 is 15.4 Å². The molecule has 0 aliphatic carbocycles. The van der Waals surface area contributed by atoms with Crippen LogP contribution in [0, 0.1) is 5.82 Å². The molecule has 6 heteroatoms. The van der Waals surface area contributed by atoms with Crippen LogP contribution in [0.1, 0.15) is 29.2 Å². The summed E-state index contributed by atoms with van der Waals surface area (Å²) in [7, 11) is 5.62. The van der Waals surface area contributed by atoms with Crippen LogP contribution in [0.4, 0.5) is 4.39 Å². The van der Waals surface area contributed by atoms with E-state index in [0.29, 0.717) is 25.3 Å². The minimum atomic E-state index is -0.172. The third-order valence-corrected chi connectivity index (χ3v) is 4.55. The van der Waals surface area contributed by atoms with Crippen molar-refractivity contribution in [2.45, 2.75) is 25.6 Å². The van der Waals surface area contributed by atoms with Crippen LogP contribution in [0.2, 0.25) is 0 Å². The standard InChI is InChI=1S/C21H27FN4O/c1-23-21(25-19-10-11-27-20-7-5-4-6-17(19)20)24-13-15-8-9-18(22)16(12-15)14-26(2)3/h4-9,12,19H,10-11,13-14H2,1-3H3,(H2,23,24,25). The number of aliphatic imine (C=N–C) groups is 1. The average Bonchev–Trinajstić information content (AvgIpc) is 2.67. The number of guanidine groups is 1. The van der Waals surface area contributed by atoms with Gasteiger partial charge in [0.05, 0.1) is 12.6 Å². The van der Waals surface area contributed by atoms with E-state index in [1.54, 1.807) is 13.1 Å². The van der Waals surface area contributed by atoms with Gasteiger partial charge in [-0.15, -0.1) is 0 Å². The molecule has 5 nitrogen and oxygen atoms in total.